The molecule has 0 radical (unpaired) electrons. The van der Waals surface area contributed by atoms with Crippen LogP contribution in [0.3, 0.4) is 0 Å². The molecule has 0 aliphatic rings. The lowest BCUT2D eigenvalue weighted by molar-refractivity contribution is 0.637. The van der Waals surface area contributed by atoms with Crippen LogP contribution in [0, 0.1) is 12.7 Å². The average Bonchev–Trinajstić information content (AvgIpc) is 2.17. The Labute approximate surface area is 86.1 Å². The predicted molar refractivity (Wildman–Crippen MR) is 58.2 cm³/mol. The van der Waals surface area contributed by atoms with Crippen molar-refractivity contribution in [3.05, 3.63) is 46.1 Å². The minimum absolute atomic E-state index is 0.123. The molecule has 3 nitrogen and oxygen atoms in total. The van der Waals surface area contributed by atoms with E-state index in [9.17, 15) is 9.18 Å². The van der Waals surface area contributed by atoms with Crippen molar-refractivity contribution in [2.24, 2.45) is 0 Å². The maximum Gasteiger partial charge on any atom is 0.279 e. The first-order valence-corrected chi connectivity index (χ1v) is 4.64. The molecule has 0 bridgehead atoms. The first-order valence-electron chi connectivity index (χ1n) is 4.64. The minimum atomic E-state index is -0.485. The minimum Gasteiger partial charge on any atom is -0.326 e. The Morgan fingerprint density at radius 3 is 2.80 bits per heavy atom. The van der Waals surface area contributed by atoms with Gasteiger partial charge in [0.05, 0.1) is 5.39 Å². The van der Waals surface area contributed by atoms with Crippen LogP contribution in [0.5, 0.6) is 0 Å². The van der Waals surface area contributed by atoms with Crippen LogP contribution in [0.2, 0.25) is 0 Å². The number of nitrogens with zero attached hydrogens (tertiary/aromatic N) is 1. The second-order valence-corrected chi connectivity index (χ2v) is 3.35. The maximum atomic E-state index is 13.5. The summed E-state index contributed by atoms with van der Waals surface area (Å²) >= 11 is 0. The SMILES string of the molecule is CNn1c(C)cc2cccc(F)c2c1=O. The standard InChI is InChI=1S/C11H11FN2O/c1-7-6-8-4-3-5-9(12)10(8)11(15)14(7)13-2/h3-6,13H,1-2H3. The predicted octanol–water partition coefficient (Wildman–Crippen LogP) is 1.62. The number of benzene rings is 1. The van der Waals surface area contributed by atoms with Crippen molar-refractivity contribution < 1.29 is 4.39 Å². The largest absolute Gasteiger partial charge is 0.326 e. The topological polar surface area (TPSA) is 34.0 Å². The first kappa shape index (κ1) is 9.71. The summed E-state index contributed by atoms with van der Waals surface area (Å²) in [5, 5.41) is 0.751. The van der Waals surface area contributed by atoms with Gasteiger partial charge >= 0.3 is 0 Å². The van der Waals surface area contributed by atoms with Crippen molar-refractivity contribution in [1.29, 1.82) is 0 Å². The van der Waals surface area contributed by atoms with E-state index in [0.29, 0.717) is 5.39 Å². The summed E-state index contributed by atoms with van der Waals surface area (Å²) in [4.78, 5) is 11.9. The second kappa shape index (κ2) is 3.38. The third-order valence-corrected chi connectivity index (χ3v) is 2.40. The van der Waals surface area contributed by atoms with Crippen LogP contribution >= 0.6 is 0 Å². The zero-order chi connectivity index (χ0) is 11.0. The van der Waals surface area contributed by atoms with Gasteiger partial charge in [0, 0.05) is 12.7 Å². The zero-order valence-corrected chi connectivity index (χ0v) is 8.54. The highest BCUT2D eigenvalue weighted by molar-refractivity contribution is 5.82. The maximum absolute atomic E-state index is 13.5. The van der Waals surface area contributed by atoms with Crippen LogP contribution in [0.1, 0.15) is 5.69 Å². The Morgan fingerprint density at radius 1 is 1.40 bits per heavy atom. The Hall–Kier alpha value is -1.84. The monoisotopic (exact) mass is 206 g/mol. The van der Waals surface area contributed by atoms with Crippen LogP contribution in [-0.2, 0) is 0 Å². The summed E-state index contributed by atoms with van der Waals surface area (Å²) in [5.74, 6) is -0.485. The molecule has 0 spiro atoms. The third kappa shape index (κ3) is 1.38. The van der Waals surface area contributed by atoms with E-state index in [4.69, 9.17) is 0 Å². The van der Waals surface area contributed by atoms with E-state index in [1.54, 1.807) is 32.2 Å². The van der Waals surface area contributed by atoms with E-state index in [2.05, 4.69) is 5.43 Å². The van der Waals surface area contributed by atoms with Gasteiger partial charge in [-0.1, -0.05) is 12.1 Å². The Kier molecular flexibility index (Phi) is 2.19. The molecule has 1 N–H and O–H groups in total. The molecule has 0 aliphatic carbocycles. The summed E-state index contributed by atoms with van der Waals surface area (Å²) in [6, 6.07) is 6.39. The van der Waals surface area contributed by atoms with Gasteiger partial charge in [0.15, 0.2) is 0 Å². The fraction of sp³-hybridized carbons (Fsp3) is 0.182. The Balaban J connectivity index is 2.99. The molecule has 0 amide bonds. The normalized spacial score (nSPS) is 10.6. The van der Waals surface area contributed by atoms with Gasteiger partial charge in [-0.2, -0.15) is 0 Å². The molecule has 0 atom stereocenters. The van der Waals surface area contributed by atoms with Crippen molar-refractivity contribution in [2.75, 3.05) is 12.5 Å². The molecule has 4 heteroatoms. The molecule has 0 aliphatic heterocycles. The van der Waals surface area contributed by atoms with Crippen LogP contribution < -0.4 is 11.0 Å². The van der Waals surface area contributed by atoms with Gasteiger partial charge in [0.25, 0.3) is 5.56 Å². The fourth-order valence-electron chi connectivity index (χ4n) is 1.73. The molecule has 2 aromatic rings. The van der Waals surface area contributed by atoms with Gasteiger partial charge < -0.3 is 5.43 Å². The lowest BCUT2D eigenvalue weighted by Gasteiger charge is -2.10. The highest BCUT2D eigenvalue weighted by atomic mass is 19.1. The van der Waals surface area contributed by atoms with E-state index in [1.807, 2.05) is 0 Å². The smallest absolute Gasteiger partial charge is 0.279 e. The summed E-state index contributed by atoms with van der Waals surface area (Å²) in [6.07, 6.45) is 0. The molecule has 0 unspecified atom stereocenters. The fourth-order valence-corrected chi connectivity index (χ4v) is 1.73. The van der Waals surface area contributed by atoms with E-state index in [0.717, 1.165) is 5.69 Å². The van der Waals surface area contributed by atoms with E-state index in [1.165, 1.54) is 10.7 Å². The molecular weight excluding hydrogens is 195 g/mol. The molecule has 0 saturated heterocycles. The summed E-state index contributed by atoms with van der Waals surface area (Å²) in [7, 11) is 1.63. The first-order chi connectivity index (χ1) is 7.15. The van der Waals surface area contributed by atoms with Gasteiger partial charge in [-0.3, -0.25) is 4.79 Å². The van der Waals surface area contributed by atoms with Crippen LogP contribution in [-0.4, -0.2) is 11.7 Å². The highest BCUT2D eigenvalue weighted by Crippen LogP contribution is 2.14. The highest BCUT2D eigenvalue weighted by Gasteiger charge is 2.08. The number of hydrogen-bond acceptors (Lipinski definition) is 2. The van der Waals surface area contributed by atoms with E-state index < -0.39 is 5.82 Å². The van der Waals surface area contributed by atoms with Gasteiger partial charge in [-0.15, -0.1) is 0 Å². The number of pyridine rings is 1. The molecule has 1 aromatic carbocycles. The molecule has 1 heterocycles. The Bertz CT molecular complexity index is 575. The number of aromatic nitrogens is 1. The molecule has 78 valence electrons. The van der Waals surface area contributed by atoms with Crippen molar-refractivity contribution in [3.63, 3.8) is 0 Å². The van der Waals surface area contributed by atoms with Gasteiger partial charge in [-0.05, 0) is 24.4 Å². The molecule has 0 saturated carbocycles. The van der Waals surface area contributed by atoms with E-state index >= 15 is 0 Å². The van der Waals surface area contributed by atoms with E-state index in [-0.39, 0.29) is 10.9 Å². The lowest BCUT2D eigenvalue weighted by atomic mass is 10.1. The van der Waals surface area contributed by atoms with Crippen molar-refractivity contribution in [3.8, 4) is 0 Å². The quantitative estimate of drug-likeness (QED) is 0.769. The second-order valence-electron chi connectivity index (χ2n) is 3.35. The average molecular weight is 206 g/mol. The summed E-state index contributed by atoms with van der Waals surface area (Å²) in [6.45, 7) is 1.79. The molecule has 15 heavy (non-hydrogen) atoms. The number of halogens is 1. The van der Waals surface area contributed by atoms with Crippen molar-refractivity contribution in [2.45, 2.75) is 6.92 Å². The number of hydrogen-bond donors (Lipinski definition) is 1. The van der Waals surface area contributed by atoms with Crippen LogP contribution in [0.25, 0.3) is 10.8 Å². The third-order valence-electron chi connectivity index (χ3n) is 2.40. The number of nitrogens with one attached hydrogen (secondary N) is 1. The number of rotatable bonds is 1. The van der Waals surface area contributed by atoms with Crippen LogP contribution in [0.15, 0.2) is 29.1 Å². The molecular formula is C11H11FN2O. The summed E-state index contributed by atoms with van der Waals surface area (Å²) in [5.41, 5.74) is 3.12. The molecule has 0 fully saturated rings. The summed E-state index contributed by atoms with van der Waals surface area (Å²) < 4.78 is 14.8. The number of fused-ring (bicyclic) bond motifs is 1. The van der Waals surface area contributed by atoms with Crippen molar-refractivity contribution in [1.82, 2.24) is 4.68 Å². The lowest BCUT2D eigenvalue weighted by Crippen LogP contribution is -2.29. The van der Waals surface area contributed by atoms with Gasteiger partial charge in [0.2, 0.25) is 0 Å². The van der Waals surface area contributed by atoms with Crippen LogP contribution in [0.4, 0.5) is 4.39 Å². The molecule has 2 rings (SSSR count). The van der Waals surface area contributed by atoms with Crippen molar-refractivity contribution >= 4 is 10.8 Å². The van der Waals surface area contributed by atoms with Gasteiger partial charge in [0.1, 0.15) is 5.82 Å². The van der Waals surface area contributed by atoms with Gasteiger partial charge in [-0.25, -0.2) is 9.07 Å². The molecule has 1 aromatic heterocycles. The number of aryl methyl sites for hydroxylation is 1. The Morgan fingerprint density at radius 2 is 2.13 bits per heavy atom. The zero-order valence-electron chi connectivity index (χ0n) is 8.54.